The van der Waals surface area contributed by atoms with Gasteiger partial charge in [0.25, 0.3) is 0 Å². The van der Waals surface area contributed by atoms with Gasteiger partial charge in [-0.3, -0.25) is 4.79 Å². The smallest absolute Gasteiger partial charge is 0.224 e. The second-order valence-electron chi connectivity index (χ2n) is 4.91. The molecule has 0 aromatic heterocycles. The molecule has 0 atom stereocenters. The van der Waals surface area contributed by atoms with Crippen LogP contribution in [0.5, 0.6) is 0 Å². The Morgan fingerprint density at radius 1 is 1.09 bits per heavy atom. The van der Waals surface area contributed by atoms with Crippen LogP contribution in [0.4, 0.5) is 11.4 Å². The lowest BCUT2D eigenvalue weighted by Crippen LogP contribution is -2.13. The molecule has 0 bridgehead atoms. The lowest BCUT2D eigenvalue weighted by atomic mass is 10.1. The van der Waals surface area contributed by atoms with Gasteiger partial charge >= 0.3 is 0 Å². The summed E-state index contributed by atoms with van der Waals surface area (Å²) in [5.74, 6) is -0.123. The molecule has 1 rings (SSSR count). The minimum Gasteiger partial charge on any atom is -0.343 e. The van der Waals surface area contributed by atoms with Crippen LogP contribution in [-0.2, 0) is 4.79 Å². The number of anilines is 2. The highest BCUT2D eigenvalue weighted by Gasteiger charge is 2.11. The zero-order chi connectivity index (χ0) is 17.2. The third kappa shape index (κ3) is 5.19. The minimum absolute atomic E-state index is 0.123. The van der Waals surface area contributed by atoms with Crippen molar-refractivity contribution >= 4 is 17.3 Å². The molecule has 0 saturated carbocycles. The summed E-state index contributed by atoms with van der Waals surface area (Å²) in [7, 11) is 0. The van der Waals surface area contributed by atoms with E-state index in [2.05, 4.69) is 10.6 Å². The molecule has 116 valence electrons. The zero-order valence-corrected chi connectivity index (χ0v) is 13.1. The van der Waals surface area contributed by atoms with E-state index in [4.69, 9.17) is 15.8 Å². The van der Waals surface area contributed by atoms with Crippen molar-refractivity contribution in [3.8, 4) is 18.2 Å². The fraction of sp³-hybridized carbons (Fsp3) is 0.294. The number of amides is 1. The van der Waals surface area contributed by atoms with E-state index >= 15 is 0 Å². The Hall–Kier alpha value is -3.30. The molecule has 23 heavy (non-hydrogen) atoms. The standard InChI is InChI=1S/C17H17N5O/c1-3-4-5-17(23)22-14-7-6-12(2)8-15(14)21-16(11-20)13(9-18)10-19/h6-8,21H,3-5H2,1-2H3,(H,22,23). The van der Waals surface area contributed by atoms with Gasteiger partial charge in [-0.15, -0.1) is 0 Å². The van der Waals surface area contributed by atoms with Crippen LogP contribution in [0.2, 0.25) is 0 Å². The number of nitrogens with zero attached hydrogens (tertiary/aromatic N) is 3. The number of allylic oxidation sites excluding steroid dienone is 2. The van der Waals surface area contributed by atoms with Crippen molar-refractivity contribution < 1.29 is 4.79 Å². The average molecular weight is 307 g/mol. The fourth-order valence-corrected chi connectivity index (χ4v) is 1.84. The number of hydrogen-bond acceptors (Lipinski definition) is 5. The van der Waals surface area contributed by atoms with Crippen LogP contribution in [0, 0.1) is 40.9 Å². The van der Waals surface area contributed by atoms with Crippen molar-refractivity contribution in [2.75, 3.05) is 10.6 Å². The van der Waals surface area contributed by atoms with Crippen LogP contribution in [0.25, 0.3) is 0 Å². The predicted octanol–water partition coefficient (Wildman–Crippen LogP) is 3.36. The molecule has 1 aromatic carbocycles. The molecule has 2 N–H and O–H groups in total. The lowest BCUT2D eigenvalue weighted by molar-refractivity contribution is -0.116. The molecule has 0 radical (unpaired) electrons. The number of unbranched alkanes of at least 4 members (excludes halogenated alkanes) is 1. The first-order chi connectivity index (χ1) is 11.0. The normalized spacial score (nSPS) is 9.00. The number of rotatable bonds is 6. The largest absolute Gasteiger partial charge is 0.343 e. The summed E-state index contributed by atoms with van der Waals surface area (Å²) in [6.45, 7) is 3.86. The highest BCUT2D eigenvalue weighted by Crippen LogP contribution is 2.25. The molecule has 6 heteroatoms. The Morgan fingerprint density at radius 3 is 2.35 bits per heavy atom. The maximum absolute atomic E-state index is 11.9. The first kappa shape index (κ1) is 17.8. The van der Waals surface area contributed by atoms with Crippen molar-refractivity contribution in [1.29, 1.82) is 15.8 Å². The van der Waals surface area contributed by atoms with E-state index in [1.165, 1.54) is 0 Å². The number of carbonyl (C=O) groups excluding carboxylic acids is 1. The molecule has 1 aromatic rings. The summed E-state index contributed by atoms with van der Waals surface area (Å²) in [5.41, 5.74) is 1.42. The summed E-state index contributed by atoms with van der Waals surface area (Å²) in [6.07, 6.45) is 2.12. The van der Waals surface area contributed by atoms with Crippen molar-refractivity contribution in [2.45, 2.75) is 33.1 Å². The molecular weight excluding hydrogens is 290 g/mol. The van der Waals surface area contributed by atoms with E-state index in [1.807, 2.05) is 19.9 Å². The molecule has 0 saturated heterocycles. The van der Waals surface area contributed by atoms with E-state index < -0.39 is 0 Å². The minimum atomic E-state index is -0.308. The molecule has 6 nitrogen and oxygen atoms in total. The number of nitriles is 3. The number of carbonyl (C=O) groups is 1. The highest BCUT2D eigenvalue weighted by molar-refractivity contribution is 5.94. The Balaban J connectivity index is 3.12. The molecular formula is C17H17N5O. The molecule has 0 fully saturated rings. The van der Waals surface area contributed by atoms with Crippen LogP contribution >= 0.6 is 0 Å². The van der Waals surface area contributed by atoms with Crippen molar-refractivity contribution in [2.24, 2.45) is 0 Å². The van der Waals surface area contributed by atoms with E-state index in [0.29, 0.717) is 17.8 Å². The Bertz CT molecular complexity index is 728. The first-order valence-electron chi connectivity index (χ1n) is 7.17. The van der Waals surface area contributed by atoms with Gasteiger partial charge in [-0.2, -0.15) is 15.8 Å². The molecule has 0 aliphatic carbocycles. The average Bonchev–Trinajstić information content (AvgIpc) is 2.55. The van der Waals surface area contributed by atoms with Gasteiger partial charge in [0, 0.05) is 6.42 Å². The second kappa shape index (κ2) is 8.87. The van der Waals surface area contributed by atoms with Crippen molar-refractivity contribution in [1.82, 2.24) is 0 Å². The quantitative estimate of drug-likeness (QED) is 0.782. The second-order valence-corrected chi connectivity index (χ2v) is 4.91. The van der Waals surface area contributed by atoms with Crippen molar-refractivity contribution in [3.05, 3.63) is 35.0 Å². The summed E-state index contributed by atoms with van der Waals surface area (Å²) in [5, 5.41) is 32.4. The van der Waals surface area contributed by atoms with Gasteiger partial charge in [0.05, 0.1) is 11.4 Å². The Morgan fingerprint density at radius 2 is 1.78 bits per heavy atom. The number of nitrogens with one attached hydrogen (secondary N) is 2. The maximum Gasteiger partial charge on any atom is 0.224 e. The first-order valence-corrected chi connectivity index (χ1v) is 7.17. The summed E-state index contributed by atoms with van der Waals surface area (Å²) >= 11 is 0. The van der Waals surface area contributed by atoms with Crippen molar-refractivity contribution in [3.63, 3.8) is 0 Å². The van der Waals surface area contributed by atoms with Gasteiger partial charge < -0.3 is 10.6 Å². The van der Waals surface area contributed by atoms with Crippen LogP contribution in [0.15, 0.2) is 29.5 Å². The lowest BCUT2D eigenvalue weighted by Gasteiger charge is -2.13. The van der Waals surface area contributed by atoms with Gasteiger partial charge in [0.1, 0.15) is 23.9 Å². The maximum atomic E-state index is 11.9. The summed E-state index contributed by atoms with van der Waals surface area (Å²) < 4.78 is 0. The fourth-order valence-electron chi connectivity index (χ4n) is 1.84. The topological polar surface area (TPSA) is 112 Å². The zero-order valence-electron chi connectivity index (χ0n) is 13.1. The Labute approximate surface area is 135 Å². The van der Waals surface area contributed by atoms with E-state index in [1.54, 1.807) is 30.3 Å². The summed E-state index contributed by atoms with van der Waals surface area (Å²) in [6, 6.07) is 10.4. The molecule has 1 amide bonds. The van der Waals surface area contributed by atoms with Crippen LogP contribution < -0.4 is 10.6 Å². The Kier molecular flexibility index (Phi) is 6.85. The molecule has 0 unspecified atom stereocenters. The van der Waals surface area contributed by atoms with Gasteiger partial charge in [0.15, 0.2) is 5.57 Å². The third-order valence-electron chi connectivity index (χ3n) is 3.05. The number of hydrogen-bond donors (Lipinski definition) is 2. The van der Waals surface area contributed by atoms with Crippen LogP contribution in [-0.4, -0.2) is 5.91 Å². The molecule has 0 spiro atoms. The monoisotopic (exact) mass is 307 g/mol. The molecule has 0 heterocycles. The van der Waals surface area contributed by atoms with Gasteiger partial charge in [-0.25, -0.2) is 0 Å². The van der Waals surface area contributed by atoms with E-state index in [0.717, 1.165) is 18.4 Å². The SMILES string of the molecule is CCCCC(=O)Nc1ccc(C)cc1NC(C#N)=C(C#N)C#N. The summed E-state index contributed by atoms with van der Waals surface area (Å²) in [4.78, 5) is 11.9. The number of aryl methyl sites for hydroxylation is 1. The van der Waals surface area contributed by atoms with Gasteiger partial charge in [-0.1, -0.05) is 19.4 Å². The van der Waals surface area contributed by atoms with Gasteiger partial charge in [0.2, 0.25) is 5.91 Å². The van der Waals surface area contributed by atoms with Crippen LogP contribution in [0.1, 0.15) is 31.7 Å². The third-order valence-corrected chi connectivity index (χ3v) is 3.05. The predicted molar refractivity (Wildman–Crippen MR) is 86.8 cm³/mol. The highest BCUT2D eigenvalue weighted by atomic mass is 16.1. The molecule has 0 aliphatic rings. The van der Waals surface area contributed by atoms with Gasteiger partial charge in [-0.05, 0) is 31.0 Å². The van der Waals surface area contributed by atoms with E-state index in [9.17, 15) is 4.79 Å². The van der Waals surface area contributed by atoms with E-state index in [-0.39, 0.29) is 17.2 Å². The molecule has 0 aliphatic heterocycles. The van der Waals surface area contributed by atoms with Crippen LogP contribution in [0.3, 0.4) is 0 Å². The number of benzene rings is 1.